The van der Waals surface area contributed by atoms with Crippen molar-refractivity contribution in [3.63, 3.8) is 0 Å². The third kappa shape index (κ3) is 6.18. The number of hydrogen-bond acceptors (Lipinski definition) is 4. The highest BCUT2D eigenvalue weighted by Crippen LogP contribution is 2.35. The summed E-state index contributed by atoms with van der Waals surface area (Å²) in [6, 6.07) is 0. The van der Waals surface area contributed by atoms with E-state index in [1.807, 2.05) is 0 Å². The molecule has 0 N–H and O–H groups in total. The third-order valence-corrected chi connectivity index (χ3v) is 8.01. The molecule has 0 amide bonds. The van der Waals surface area contributed by atoms with Gasteiger partial charge in [-0.05, 0) is 110 Å². The molecule has 4 aliphatic rings. The largest absolute Gasteiger partial charge is 0.375 e. The van der Waals surface area contributed by atoms with Gasteiger partial charge in [-0.15, -0.1) is 0 Å². The number of nitrogens with zero attached hydrogens (tertiary/aromatic N) is 2. The average molecular weight is 407 g/mol. The zero-order chi connectivity index (χ0) is 20.2. The molecular weight excluding hydrogens is 360 g/mol. The molecule has 2 saturated carbocycles. The van der Waals surface area contributed by atoms with Gasteiger partial charge in [0.2, 0.25) is 0 Å². The molecule has 4 fully saturated rings. The van der Waals surface area contributed by atoms with Crippen LogP contribution >= 0.6 is 0 Å². The van der Waals surface area contributed by atoms with Gasteiger partial charge in [0.1, 0.15) is 0 Å². The first-order valence-electron chi connectivity index (χ1n) is 12.8. The molecule has 0 spiro atoms. The second-order valence-corrected chi connectivity index (χ2v) is 10.9. The molecule has 6 unspecified atom stereocenters. The zero-order valence-corrected chi connectivity index (χ0v) is 19.4. The summed E-state index contributed by atoms with van der Waals surface area (Å²) in [4.78, 5) is 5.40. The van der Waals surface area contributed by atoms with E-state index >= 15 is 0 Å². The van der Waals surface area contributed by atoms with Crippen molar-refractivity contribution in [1.29, 1.82) is 0 Å². The van der Waals surface area contributed by atoms with Crippen LogP contribution in [0.25, 0.3) is 0 Å². The van der Waals surface area contributed by atoms with Crippen LogP contribution in [-0.4, -0.2) is 73.5 Å². The number of likely N-dealkylation sites (tertiary alicyclic amines) is 2. The highest BCUT2D eigenvalue weighted by molar-refractivity contribution is 4.88. The van der Waals surface area contributed by atoms with E-state index in [-0.39, 0.29) is 0 Å². The number of ether oxygens (including phenoxy) is 2. The molecule has 0 bridgehead atoms. The van der Waals surface area contributed by atoms with E-state index in [9.17, 15) is 0 Å². The predicted molar refractivity (Wildman–Crippen MR) is 119 cm³/mol. The second kappa shape index (κ2) is 10.4. The first-order chi connectivity index (χ1) is 14.1. The SMILES string of the molecule is CC(C)OC1CCC1CN1CCC(CC(C)OC2CCCC2CN2CCCC2)C1. The molecule has 0 radical (unpaired) electrons. The molecule has 4 nitrogen and oxygen atoms in total. The highest BCUT2D eigenvalue weighted by atomic mass is 16.5. The van der Waals surface area contributed by atoms with Crippen molar-refractivity contribution in [2.45, 2.75) is 103 Å². The molecule has 2 saturated heterocycles. The van der Waals surface area contributed by atoms with E-state index in [1.165, 1.54) is 97.1 Å². The molecule has 0 aromatic heterocycles. The lowest BCUT2D eigenvalue weighted by Crippen LogP contribution is -2.43. The van der Waals surface area contributed by atoms with Crippen molar-refractivity contribution in [1.82, 2.24) is 9.80 Å². The molecule has 0 aromatic rings. The lowest BCUT2D eigenvalue weighted by Gasteiger charge is -2.39. The Morgan fingerprint density at radius 2 is 1.45 bits per heavy atom. The smallest absolute Gasteiger partial charge is 0.0619 e. The first kappa shape index (κ1) is 22.0. The summed E-state index contributed by atoms with van der Waals surface area (Å²) in [5.74, 6) is 2.38. The Kier molecular flexibility index (Phi) is 7.93. The topological polar surface area (TPSA) is 24.9 Å². The van der Waals surface area contributed by atoms with E-state index in [1.54, 1.807) is 0 Å². The van der Waals surface area contributed by atoms with Crippen molar-refractivity contribution >= 4 is 0 Å². The van der Waals surface area contributed by atoms with Gasteiger partial charge in [0.15, 0.2) is 0 Å². The number of hydrogen-bond donors (Lipinski definition) is 0. The van der Waals surface area contributed by atoms with Crippen LogP contribution in [0.4, 0.5) is 0 Å². The van der Waals surface area contributed by atoms with Gasteiger partial charge >= 0.3 is 0 Å². The van der Waals surface area contributed by atoms with E-state index in [0.717, 1.165) is 17.8 Å². The normalized spacial score (nSPS) is 37.4. The van der Waals surface area contributed by atoms with Crippen molar-refractivity contribution in [2.24, 2.45) is 17.8 Å². The van der Waals surface area contributed by atoms with Gasteiger partial charge in [0.05, 0.1) is 24.4 Å². The van der Waals surface area contributed by atoms with Crippen LogP contribution in [0.15, 0.2) is 0 Å². The highest BCUT2D eigenvalue weighted by Gasteiger charge is 2.36. The van der Waals surface area contributed by atoms with Crippen molar-refractivity contribution in [3.8, 4) is 0 Å². The Hall–Kier alpha value is -0.160. The Labute approximate surface area is 179 Å². The van der Waals surface area contributed by atoms with Gasteiger partial charge < -0.3 is 19.3 Å². The average Bonchev–Trinajstić information content (AvgIpc) is 3.41. The molecule has 2 aliphatic carbocycles. The maximum Gasteiger partial charge on any atom is 0.0619 e. The van der Waals surface area contributed by atoms with Crippen LogP contribution < -0.4 is 0 Å². The Bertz CT molecular complexity index is 493. The summed E-state index contributed by atoms with van der Waals surface area (Å²) < 4.78 is 12.7. The molecule has 4 rings (SSSR count). The molecule has 0 aromatic carbocycles. The van der Waals surface area contributed by atoms with Gasteiger partial charge in [-0.3, -0.25) is 0 Å². The summed E-state index contributed by atoms with van der Waals surface area (Å²) in [6.07, 6.45) is 13.9. The minimum Gasteiger partial charge on any atom is -0.375 e. The van der Waals surface area contributed by atoms with Crippen molar-refractivity contribution < 1.29 is 9.47 Å². The maximum atomic E-state index is 6.64. The quantitative estimate of drug-likeness (QED) is 0.530. The summed E-state index contributed by atoms with van der Waals surface area (Å²) in [7, 11) is 0. The third-order valence-electron chi connectivity index (χ3n) is 8.01. The van der Waals surface area contributed by atoms with Crippen molar-refractivity contribution in [2.75, 3.05) is 39.3 Å². The maximum absolute atomic E-state index is 6.64. The summed E-state index contributed by atoms with van der Waals surface area (Å²) >= 11 is 0. The second-order valence-electron chi connectivity index (χ2n) is 10.9. The minimum atomic E-state index is 0.372. The summed E-state index contributed by atoms with van der Waals surface area (Å²) in [5.41, 5.74) is 0. The molecular formula is C25H46N2O2. The zero-order valence-electron chi connectivity index (χ0n) is 19.4. The monoisotopic (exact) mass is 406 g/mol. The first-order valence-corrected chi connectivity index (χ1v) is 12.8. The van der Waals surface area contributed by atoms with E-state index in [0.29, 0.717) is 24.4 Å². The van der Waals surface area contributed by atoms with Crippen LogP contribution in [0.2, 0.25) is 0 Å². The van der Waals surface area contributed by atoms with Gasteiger partial charge in [0.25, 0.3) is 0 Å². The van der Waals surface area contributed by atoms with Crippen LogP contribution in [0.3, 0.4) is 0 Å². The molecule has 2 heterocycles. The fraction of sp³-hybridized carbons (Fsp3) is 1.00. The van der Waals surface area contributed by atoms with Crippen LogP contribution in [0.1, 0.15) is 78.6 Å². The van der Waals surface area contributed by atoms with Crippen LogP contribution in [0, 0.1) is 17.8 Å². The van der Waals surface area contributed by atoms with E-state index < -0.39 is 0 Å². The fourth-order valence-electron chi connectivity index (χ4n) is 6.39. The number of rotatable bonds is 10. The Morgan fingerprint density at radius 1 is 0.724 bits per heavy atom. The summed E-state index contributed by atoms with van der Waals surface area (Å²) in [6.45, 7) is 14.4. The van der Waals surface area contributed by atoms with Gasteiger partial charge in [0, 0.05) is 19.6 Å². The van der Waals surface area contributed by atoms with Crippen molar-refractivity contribution in [3.05, 3.63) is 0 Å². The van der Waals surface area contributed by atoms with E-state index in [4.69, 9.17) is 9.47 Å². The lowest BCUT2D eigenvalue weighted by atomic mass is 9.81. The molecule has 6 atom stereocenters. The summed E-state index contributed by atoms with van der Waals surface area (Å²) in [5, 5.41) is 0. The van der Waals surface area contributed by atoms with Crippen LogP contribution in [0.5, 0.6) is 0 Å². The van der Waals surface area contributed by atoms with Gasteiger partial charge in [-0.25, -0.2) is 0 Å². The van der Waals surface area contributed by atoms with E-state index in [2.05, 4.69) is 30.6 Å². The molecule has 2 aliphatic heterocycles. The molecule has 168 valence electrons. The Morgan fingerprint density at radius 3 is 2.17 bits per heavy atom. The fourth-order valence-corrected chi connectivity index (χ4v) is 6.39. The minimum absolute atomic E-state index is 0.372. The Balaban J connectivity index is 1.15. The predicted octanol–water partition coefficient (Wildman–Crippen LogP) is 4.57. The lowest BCUT2D eigenvalue weighted by molar-refractivity contribution is -0.0836. The molecule has 4 heteroatoms. The molecule has 29 heavy (non-hydrogen) atoms. The standard InChI is InChI=1S/C25H46N2O2/c1-19(2)28-25-10-9-23(25)18-27-14-11-21(16-27)15-20(3)29-24-8-6-7-22(24)17-26-12-4-5-13-26/h19-25H,4-18H2,1-3H3. The van der Waals surface area contributed by atoms with Crippen LogP contribution in [-0.2, 0) is 9.47 Å². The van der Waals surface area contributed by atoms with Gasteiger partial charge in [-0.1, -0.05) is 6.42 Å². The van der Waals surface area contributed by atoms with Gasteiger partial charge in [-0.2, -0.15) is 0 Å².